The summed E-state index contributed by atoms with van der Waals surface area (Å²) in [6.07, 6.45) is 4.47. The van der Waals surface area contributed by atoms with Gasteiger partial charge in [-0.05, 0) is 88.9 Å². The highest BCUT2D eigenvalue weighted by atomic mass is 35.5. The van der Waals surface area contributed by atoms with Crippen molar-refractivity contribution in [3.63, 3.8) is 0 Å². The number of rotatable bonds is 10. The van der Waals surface area contributed by atoms with Crippen LogP contribution in [0.4, 0.5) is 4.39 Å². The van der Waals surface area contributed by atoms with Crippen LogP contribution in [0.25, 0.3) is 16.8 Å². The molecule has 10 heteroatoms. The molecule has 1 heterocycles. The van der Waals surface area contributed by atoms with Gasteiger partial charge in [0.15, 0.2) is 9.84 Å². The van der Waals surface area contributed by atoms with Crippen LogP contribution in [0.2, 0.25) is 0 Å². The largest absolute Gasteiger partial charge is 0.384 e. The van der Waals surface area contributed by atoms with Gasteiger partial charge >= 0.3 is 0 Å². The lowest BCUT2D eigenvalue weighted by atomic mass is 9.82. The fraction of sp³-hybridized carbons (Fsp3) is 0.387. The van der Waals surface area contributed by atoms with Crippen LogP contribution in [0.1, 0.15) is 65.5 Å². The highest BCUT2D eigenvalue weighted by Crippen LogP contribution is 2.42. The van der Waals surface area contributed by atoms with Crippen molar-refractivity contribution in [1.29, 1.82) is 0 Å². The Morgan fingerprint density at radius 2 is 1.73 bits per heavy atom. The average molecular weight is 624 g/mol. The number of hydrogen-bond acceptors (Lipinski definition) is 5. The number of benzene rings is 2. The van der Waals surface area contributed by atoms with Crippen molar-refractivity contribution in [3.8, 4) is 16.8 Å². The standard InChI is InChI=1S/C31H37Cl2FN2O4S/c1-9-23(33)28(19(3)32)30(4,5)29-35-27(31(6,7)37)17-36(29)25-14-13-20(15-24(25)34)21-11-12-22(18-40-10-2)26(16-21)41(8,38)39/h9,11-17,37H,10,18H2,1-8H3. The number of aliphatic hydroxyl groups is 1. The minimum Gasteiger partial charge on any atom is -0.384 e. The quantitative estimate of drug-likeness (QED) is 0.233. The SMILES string of the molecule is CC=C(Cl)C(=C(C)Cl)C(C)(C)c1nc(C(C)(C)O)cn1-c1ccc(-c2ccc(COCC)c(S(C)(=O)=O)c2)cc1F. The van der Waals surface area contributed by atoms with Crippen LogP contribution in [0.5, 0.6) is 0 Å². The van der Waals surface area contributed by atoms with Crippen molar-refractivity contribution >= 4 is 33.0 Å². The van der Waals surface area contributed by atoms with Crippen LogP contribution in [0, 0.1) is 5.82 Å². The number of aromatic nitrogens is 2. The minimum absolute atomic E-state index is 0.137. The Morgan fingerprint density at radius 1 is 1.12 bits per heavy atom. The molecule has 0 bridgehead atoms. The molecular formula is C31H37Cl2FN2O4S. The summed E-state index contributed by atoms with van der Waals surface area (Å²) in [4.78, 5) is 4.87. The lowest BCUT2D eigenvalue weighted by Crippen LogP contribution is -2.26. The summed E-state index contributed by atoms with van der Waals surface area (Å²) in [5.41, 5.74) is 0.550. The smallest absolute Gasteiger partial charge is 0.175 e. The maximum Gasteiger partial charge on any atom is 0.175 e. The predicted octanol–water partition coefficient (Wildman–Crippen LogP) is 7.78. The fourth-order valence-corrected chi connectivity index (χ4v) is 6.45. The minimum atomic E-state index is -3.55. The van der Waals surface area contributed by atoms with E-state index < -0.39 is 26.7 Å². The molecule has 0 radical (unpaired) electrons. The van der Waals surface area contributed by atoms with Gasteiger partial charge in [-0.3, -0.25) is 4.57 Å². The van der Waals surface area contributed by atoms with E-state index in [0.717, 1.165) is 6.26 Å². The van der Waals surface area contributed by atoms with Crippen LogP contribution >= 0.6 is 23.2 Å². The monoisotopic (exact) mass is 622 g/mol. The van der Waals surface area contributed by atoms with E-state index >= 15 is 4.39 Å². The molecule has 1 N–H and O–H groups in total. The third kappa shape index (κ3) is 7.12. The van der Waals surface area contributed by atoms with E-state index in [4.69, 9.17) is 32.9 Å². The molecule has 6 nitrogen and oxygen atoms in total. The van der Waals surface area contributed by atoms with Crippen molar-refractivity contribution in [3.05, 3.63) is 87.2 Å². The van der Waals surface area contributed by atoms with Gasteiger partial charge in [0.25, 0.3) is 0 Å². The highest BCUT2D eigenvalue weighted by Gasteiger charge is 2.36. The molecule has 0 aliphatic rings. The first-order valence-corrected chi connectivity index (χ1v) is 15.8. The average Bonchev–Trinajstić information content (AvgIpc) is 3.33. The summed E-state index contributed by atoms with van der Waals surface area (Å²) in [5, 5.41) is 11.7. The van der Waals surface area contributed by atoms with E-state index in [1.807, 2.05) is 20.8 Å². The third-order valence-electron chi connectivity index (χ3n) is 6.82. The Labute approximate surface area is 252 Å². The van der Waals surface area contributed by atoms with Crippen molar-refractivity contribution in [2.45, 2.75) is 71.0 Å². The molecule has 2 aromatic carbocycles. The topological polar surface area (TPSA) is 81.4 Å². The van der Waals surface area contributed by atoms with Gasteiger partial charge in [0.2, 0.25) is 0 Å². The molecule has 3 aromatic rings. The summed E-state index contributed by atoms with van der Waals surface area (Å²) in [5.74, 6) is -0.139. The highest BCUT2D eigenvalue weighted by molar-refractivity contribution is 7.90. The molecule has 0 spiro atoms. The Kier molecular flexibility index (Phi) is 9.98. The number of hydrogen-bond donors (Lipinski definition) is 1. The van der Waals surface area contributed by atoms with Gasteiger partial charge in [-0.15, -0.1) is 0 Å². The zero-order chi connectivity index (χ0) is 30.9. The third-order valence-corrected chi connectivity index (χ3v) is 8.60. The normalized spacial score (nSPS) is 13.9. The van der Waals surface area contributed by atoms with Gasteiger partial charge < -0.3 is 9.84 Å². The van der Waals surface area contributed by atoms with Gasteiger partial charge in [-0.25, -0.2) is 17.8 Å². The fourth-order valence-electron chi connectivity index (χ4n) is 4.74. The second kappa shape index (κ2) is 12.4. The van der Waals surface area contributed by atoms with E-state index in [1.54, 1.807) is 68.8 Å². The predicted molar refractivity (Wildman–Crippen MR) is 164 cm³/mol. The second-order valence-corrected chi connectivity index (χ2v) is 13.9. The van der Waals surface area contributed by atoms with Gasteiger partial charge in [0.1, 0.15) is 17.2 Å². The molecule has 0 atom stereocenters. The van der Waals surface area contributed by atoms with E-state index in [9.17, 15) is 13.5 Å². The number of imidazole rings is 1. The number of halogens is 3. The first-order valence-electron chi connectivity index (χ1n) is 13.2. The molecule has 0 amide bonds. The van der Waals surface area contributed by atoms with Crippen molar-refractivity contribution in [2.24, 2.45) is 0 Å². The first kappa shape index (κ1) is 33.0. The summed E-state index contributed by atoms with van der Waals surface area (Å²) in [7, 11) is -3.55. The van der Waals surface area contributed by atoms with Crippen LogP contribution in [0.3, 0.4) is 0 Å². The molecule has 1 aromatic heterocycles. The van der Waals surface area contributed by atoms with E-state index in [-0.39, 0.29) is 17.2 Å². The molecular weight excluding hydrogens is 586 g/mol. The zero-order valence-electron chi connectivity index (χ0n) is 24.6. The van der Waals surface area contributed by atoms with Gasteiger partial charge in [0, 0.05) is 29.1 Å². The Balaban J connectivity index is 2.22. The van der Waals surface area contributed by atoms with Gasteiger partial charge in [0.05, 0.1) is 28.3 Å². The number of nitrogens with zero attached hydrogens (tertiary/aromatic N) is 2. The molecule has 0 saturated heterocycles. The van der Waals surface area contributed by atoms with Crippen LogP contribution in [0.15, 0.2) is 69.2 Å². The zero-order valence-corrected chi connectivity index (χ0v) is 27.0. The lowest BCUT2D eigenvalue weighted by molar-refractivity contribution is 0.0740. The second-order valence-electron chi connectivity index (χ2n) is 10.9. The van der Waals surface area contributed by atoms with Crippen LogP contribution < -0.4 is 0 Å². The summed E-state index contributed by atoms with van der Waals surface area (Å²) in [6.45, 7) is 12.9. The number of sulfone groups is 1. The molecule has 0 saturated carbocycles. The summed E-state index contributed by atoms with van der Waals surface area (Å²) >= 11 is 13.1. The lowest BCUT2D eigenvalue weighted by Gasteiger charge is -2.29. The van der Waals surface area contributed by atoms with E-state index in [1.165, 1.54) is 12.1 Å². The van der Waals surface area contributed by atoms with E-state index in [0.29, 0.717) is 50.5 Å². The van der Waals surface area contributed by atoms with E-state index in [2.05, 4.69) is 0 Å². The Morgan fingerprint density at radius 3 is 2.24 bits per heavy atom. The number of allylic oxidation sites excluding steroid dienone is 4. The molecule has 222 valence electrons. The maximum absolute atomic E-state index is 15.9. The molecule has 41 heavy (non-hydrogen) atoms. The van der Waals surface area contributed by atoms with Crippen molar-refractivity contribution < 1.29 is 22.7 Å². The molecule has 0 fully saturated rings. The van der Waals surface area contributed by atoms with Crippen LogP contribution in [-0.4, -0.2) is 35.9 Å². The molecule has 0 aliphatic carbocycles. The summed E-state index contributed by atoms with van der Waals surface area (Å²) in [6, 6.07) is 9.63. The molecule has 3 rings (SSSR count). The van der Waals surface area contributed by atoms with Crippen LogP contribution in [-0.2, 0) is 32.2 Å². The first-order chi connectivity index (χ1) is 18.9. The summed E-state index contributed by atoms with van der Waals surface area (Å²) < 4.78 is 48.0. The van der Waals surface area contributed by atoms with Gasteiger partial charge in [-0.1, -0.05) is 47.5 Å². The number of ether oxygens (including phenoxy) is 1. The molecule has 0 unspecified atom stereocenters. The Bertz CT molecular complexity index is 1610. The van der Waals surface area contributed by atoms with Crippen molar-refractivity contribution in [2.75, 3.05) is 12.9 Å². The maximum atomic E-state index is 15.9. The van der Waals surface area contributed by atoms with Crippen molar-refractivity contribution in [1.82, 2.24) is 9.55 Å². The molecule has 0 aliphatic heterocycles. The Hall–Kier alpha value is -2.49. The van der Waals surface area contributed by atoms with Gasteiger partial charge in [-0.2, -0.15) is 0 Å².